The van der Waals surface area contributed by atoms with E-state index in [-0.39, 0.29) is 17.9 Å². The number of hydrogen-bond acceptors (Lipinski definition) is 4. The van der Waals surface area contributed by atoms with Crippen molar-refractivity contribution in [2.45, 2.75) is 45.2 Å². The van der Waals surface area contributed by atoms with Crippen molar-refractivity contribution in [1.29, 1.82) is 0 Å². The zero-order chi connectivity index (χ0) is 12.8. The van der Waals surface area contributed by atoms with E-state index < -0.39 is 0 Å². The Morgan fingerprint density at radius 2 is 2.29 bits per heavy atom. The van der Waals surface area contributed by atoms with Crippen LogP contribution in [0.15, 0.2) is 12.4 Å². The molecule has 1 aromatic heterocycles. The van der Waals surface area contributed by atoms with E-state index in [1.165, 1.54) is 7.11 Å². The molecule has 0 bridgehead atoms. The lowest BCUT2D eigenvalue weighted by Gasteiger charge is -2.20. The third-order valence-electron chi connectivity index (χ3n) is 3.01. The van der Waals surface area contributed by atoms with Crippen LogP contribution in [0, 0.1) is 0 Å². The second-order valence-corrected chi connectivity index (χ2v) is 4.09. The highest BCUT2D eigenvalue weighted by Gasteiger charge is 2.23. The van der Waals surface area contributed by atoms with Crippen LogP contribution in [0.3, 0.4) is 0 Å². The molecule has 1 rings (SSSR count). The molecule has 0 spiro atoms. The number of nitrogens with two attached hydrogens (primary N) is 1. The third kappa shape index (κ3) is 3.56. The number of aryl methyl sites for hydroxylation is 1. The van der Waals surface area contributed by atoms with Gasteiger partial charge in [0.15, 0.2) is 0 Å². The Bertz CT molecular complexity index is 362. The lowest BCUT2D eigenvalue weighted by molar-refractivity contribution is -0.141. The summed E-state index contributed by atoms with van der Waals surface area (Å²) in [6.07, 6.45) is 4.86. The van der Waals surface area contributed by atoms with Crippen molar-refractivity contribution in [3.63, 3.8) is 0 Å². The standard InChI is InChI=1S/C12H21N3O2/c1-4-11(13)10(6-12(16)17-3)9-7-14-15(5-2)8-9/h7-8,10-11H,4-6,13H2,1-3H3. The van der Waals surface area contributed by atoms with Crippen molar-refractivity contribution >= 4 is 5.97 Å². The van der Waals surface area contributed by atoms with Crippen molar-refractivity contribution in [3.05, 3.63) is 18.0 Å². The topological polar surface area (TPSA) is 70.1 Å². The molecule has 17 heavy (non-hydrogen) atoms. The maximum Gasteiger partial charge on any atom is 0.306 e. The van der Waals surface area contributed by atoms with E-state index in [4.69, 9.17) is 10.5 Å². The molecule has 5 nitrogen and oxygen atoms in total. The van der Waals surface area contributed by atoms with Crippen molar-refractivity contribution in [2.24, 2.45) is 5.73 Å². The number of ether oxygens (including phenoxy) is 1. The molecule has 0 saturated carbocycles. The van der Waals surface area contributed by atoms with Crippen molar-refractivity contribution in [1.82, 2.24) is 9.78 Å². The van der Waals surface area contributed by atoms with E-state index in [9.17, 15) is 4.79 Å². The van der Waals surface area contributed by atoms with Crippen LogP contribution in [0.2, 0.25) is 0 Å². The molecule has 2 unspecified atom stereocenters. The number of carbonyl (C=O) groups is 1. The fourth-order valence-electron chi connectivity index (χ4n) is 1.81. The predicted molar refractivity (Wildman–Crippen MR) is 65.5 cm³/mol. The van der Waals surface area contributed by atoms with Crippen LogP contribution in [0.25, 0.3) is 0 Å². The van der Waals surface area contributed by atoms with Gasteiger partial charge in [-0.1, -0.05) is 6.92 Å². The quantitative estimate of drug-likeness (QED) is 0.759. The Morgan fingerprint density at radius 3 is 2.76 bits per heavy atom. The molecule has 96 valence electrons. The fourth-order valence-corrected chi connectivity index (χ4v) is 1.81. The van der Waals surface area contributed by atoms with Gasteiger partial charge in [-0.25, -0.2) is 0 Å². The molecule has 0 radical (unpaired) electrons. The summed E-state index contributed by atoms with van der Waals surface area (Å²) in [5, 5.41) is 4.21. The highest BCUT2D eigenvalue weighted by atomic mass is 16.5. The highest BCUT2D eigenvalue weighted by Crippen LogP contribution is 2.24. The number of nitrogens with zero attached hydrogens (tertiary/aromatic N) is 2. The number of hydrogen-bond donors (Lipinski definition) is 1. The molecular weight excluding hydrogens is 218 g/mol. The van der Waals surface area contributed by atoms with Gasteiger partial charge >= 0.3 is 5.97 Å². The lowest BCUT2D eigenvalue weighted by atomic mass is 9.90. The number of methoxy groups -OCH3 is 1. The smallest absolute Gasteiger partial charge is 0.306 e. The molecule has 0 aromatic carbocycles. The van der Waals surface area contributed by atoms with Crippen LogP contribution >= 0.6 is 0 Å². The summed E-state index contributed by atoms with van der Waals surface area (Å²) < 4.78 is 6.54. The Hall–Kier alpha value is -1.36. The van der Waals surface area contributed by atoms with E-state index in [1.807, 2.05) is 24.7 Å². The molecular formula is C12H21N3O2. The summed E-state index contributed by atoms with van der Waals surface area (Å²) in [5.74, 6) is -0.254. The van der Waals surface area contributed by atoms with E-state index in [1.54, 1.807) is 6.20 Å². The van der Waals surface area contributed by atoms with Crippen molar-refractivity contribution < 1.29 is 9.53 Å². The summed E-state index contributed by atoms with van der Waals surface area (Å²) in [6, 6.07) is -0.0522. The Balaban J connectivity index is 2.85. The Labute approximate surface area is 102 Å². The summed E-state index contributed by atoms with van der Waals surface area (Å²) in [6.45, 7) is 4.84. The number of esters is 1. The van der Waals surface area contributed by atoms with E-state index in [2.05, 4.69) is 5.10 Å². The lowest BCUT2D eigenvalue weighted by Crippen LogP contribution is -2.29. The summed E-state index contributed by atoms with van der Waals surface area (Å²) in [4.78, 5) is 11.4. The summed E-state index contributed by atoms with van der Waals surface area (Å²) in [5.41, 5.74) is 7.06. The van der Waals surface area contributed by atoms with Crippen LogP contribution < -0.4 is 5.73 Å². The van der Waals surface area contributed by atoms with Gasteiger partial charge in [-0.05, 0) is 18.9 Å². The second-order valence-electron chi connectivity index (χ2n) is 4.09. The monoisotopic (exact) mass is 239 g/mol. The Morgan fingerprint density at radius 1 is 1.59 bits per heavy atom. The van der Waals surface area contributed by atoms with E-state index >= 15 is 0 Å². The second kappa shape index (κ2) is 6.39. The minimum absolute atomic E-state index is 0.0206. The molecule has 1 aromatic rings. The van der Waals surface area contributed by atoms with Gasteiger partial charge in [0, 0.05) is 24.7 Å². The van der Waals surface area contributed by atoms with Crippen LogP contribution in [-0.2, 0) is 16.1 Å². The first-order valence-electron chi connectivity index (χ1n) is 5.97. The first-order chi connectivity index (χ1) is 8.12. The van der Waals surface area contributed by atoms with Gasteiger partial charge in [-0.2, -0.15) is 5.10 Å². The zero-order valence-corrected chi connectivity index (χ0v) is 10.7. The van der Waals surface area contributed by atoms with Gasteiger partial charge in [0.2, 0.25) is 0 Å². The molecule has 2 N–H and O–H groups in total. The maximum atomic E-state index is 11.4. The molecule has 0 aliphatic rings. The largest absolute Gasteiger partial charge is 0.469 e. The normalized spacial score (nSPS) is 14.4. The zero-order valence-electron chi connectivity index (χ0n) is 10.7. The molecule has 0 aliphatic carbocycles. The summed E-state index contributed by atoms with van der Waals surface area (Å²) in [7, 11) is 1.40. The Kier molecular flexibility index (Phi) is 5.15. The van der Waals surface area contributed by atoms with Crippen molar-refractivity contribution in [3.8, 4) is 0 Å². The maximum absolute atomic E-state index is 11.4. The average molecular weight is 239 g/mol. The molecule has 0 saturated heterocycles. The van der Waals surface area contributed by atoms with Crippen LogP contribution in [0.1, 0.15) is 38.2 Å². The van der Waals surface area contributed by atoms with Crippen LogP contribution in [-0.4, -0.2) is 28.9 Å². The molecule has 0 amide bonds. The van der Waals surface area contributed by atoms with Crippen molar-refractivity contribution in [2.75, 3.05) is 7.11 Å². The first-order valence-corrected chi connectivity index (χ1v) is 5.97. The van der Waals surface area contributed by atoms with Gasteiger partial charge < -0.3 is 10.5 Å². The van der Waals surface area contributed by atoms with Gasteiger partial charge in [0.05, 0.1) is 19.7 Å². The molecule has 1 heterocycles. The number of carbonyl (C=O) groups excluding carboxylic acids is 1. The predicted octanol–water partition coefficient (Wildman–Crippen LogP) is 1.29. The minimum atomic E-state index is -0.233. The minimum Gasteiger partial charge on any atom is -0.469 e. The average Bonchev–Trinajstić information content (AvgIpc) is 2.83. The SMILES string of the molecule is CCC(N)C(CC(=O)OC)c1cnn(CC)c1. The van der Waals surface area contributed by atoms with E-state index in [0.29, 0.717) is 6.42 Å². The molecule has 0 aliphatic heterocycles. The summed E-state index contributed by atoms with van der Waals surface area (Å²) >= 11 is 0. The van der Waals surface area contributed by atoms with Crippen LogP contribution in [0.4, 0.5) is 0 Å². The van der Waals surface area contributed by atoms with Crippen LogP contribution in [0.5, 0.6) is 0 Å². The van der Waals surface area contributed by atoms with Gasteiger partial charge in [-0.15, -0.1) is 0 Å². The van der Waals surface area contributed by atoms with Gasteiger partial charge in [0.25, 0.3) is 0 Å². The first kappa shape index (κ1) is 13.7. The van der Waals surface area contributed by atoms with Gasteiger partial charge in [-0.3, -0.25) is 9.48 Å². The fraction of sp³-hybridized carbons (Fsp3) is 0.667. The van der Waals surface area contributed by atoms with E-state index in [0.717, 1.165) is 18.5 Å². The molecule has 5 heteroatoms. The number of aromatic nitrogens is 2. The van der Waals surface area contributed by atoms with Gasteiger partial charge in [0.1, 0.15) is 0 Å². The molecule has 0 fully saturated rings. The highest BCUT2D eigenvalue weighted by molar-refractivity contribution is 5.70. The third-order valence-corrected chi connectivity index (χ3v) is 3.01. The number of rotatable bonds is 6. The molecule has 2 atom stereocenters.